The van der Waals surface area contributed by atoms with Crippen LogP contribution in [0.25, 0.3) is 0 Å². The average molecular weight is 319 g/mol. The first-order chi connectivity index (χ1) is 10.8. The van der Waals surface area contributed by atoms with E-state index in [0.717, 1.165) is 12.0 Å². The highest BCUT2D eigenvalue weighted by atomic mass is 16.5. The van der Waals surface area contributed by atoms with Gasteiger partial charge in [0.2, 0.25) is 5.91 Å². The summed E-state index contributed by atoms with van der Waals surface area (Å²) in [7, 11) is 0. The molecule has 1 aliphatic heterocycles. The van der Waals surface area contributed by atoms with Crippen LogP contribution in [0.2, 0.25) is 0 Å². The van der Waals surface area contributed by atoms with Gasteiger partial charge in [0.25, 0.3) is 0 Å². The molecule has 0 saturated carbocycles. The van der Waals surface area contributed by atoms with E-state index < -0.39 is 18.1 Å². The number of benzene rings is 1. The van der Waals surface area contributed by atoms with Crippen molar-refractivity contribution in [1.82, 2.24) is 5.32 Å². The number of carboxylic acids is 1. The number of carbonyl (C=O) groups excluding carboxylic acids is 1. The summed E-state index contributed by atoms with van der Waals surface area (Å²) in [4.78, 5) is 23.5. The van der Waals surface area contributed by atoms with Crippen molar-refractivity contribution in [2.24, 2.45) is 0 Å². The van der Waals surface area contributed by atoms with Gasteiger partial charge in [-0.15, -0.1) is 0 Å². The predicted molar refractivity (Wildman–Crippen MR) is 87.4 cm³/mol. The van der Waals surface area contributed by atoms with Crippen LogP contribution >= 0.6 is 0 Å². The number of hydrogen-bond donors (Lipinski definition) is 2. The molecule has 1 aromatic rings. The molecule has 2 rings (SSSR count). The lowest BCUT2D eigenvalue weighted by Gasteiger charge is -2.20. The Kier molecular flexibility index (Phi) is 5.42. The fourth-order valence-corrected chi connectivity index (χ4v) is 2.63. The minimum atomic E-state index is -1.03. The summed E-state index contributed by atoms with van der Waals surface area (Å²) in [5.41, 5.74) is 2.13. The van der Waals surface area contributed by atoms with Crippen molar-refractivity contribution in [2.75, 3.05) is 6.61 Å². The van der Waals surface area contributed by atoms with Crippen LogP contribution in [0.15, 0.2) is 24.3 Å². The molecule has 126 valence electrons. The van der Waals surface area contributed by atoms with Gasteiger partial charge in [0, 0.05) is 13.0 Å². The van der Waals surface area contributed by atoms with E-state index in [9.17, 15) is 14.7 Å². The fourth-order valence-electron chi connectivity index (χ4n) is 2.63. The summed E-state index contributed by atoms with van der Waals surface area (Å²) in [6.07, 6.45) is 1.24. The Bertz CT molecular complexity index is 553. The highest BCUT2D eigenvalue weighted by molar-refractivity contribution is 5.86. The highest BCUT2D eigenvalue weighted by Gasteiger charge is 2.28. The Hall–Kier alpha value is -1.88. The zero-order valence-corrected chi connectivity index (χ0v) is 14.0. The number of amides is 1. The molecule has 23 heavy (non-hydrogen) atoms. The highest BCUT2D eigenvalue weighted by Crippen LogP contribution is 2.22. The summed E-state index contributed by atoms with van der Waals surface area (Å²) in [5.74, 6) is -1.36. The van der Waals surface area contributed by atoms with Gasteiger partial charge in [0.1, 0.15) is 12.1 Å². The standard InChI is InChI=1S/C18H25NO4/c1-18(2,3)13-8-6-12(7-9-13)11-14(17(21)22)19-16(20)15-5-4-10-23-15/h6-9,14-15H,4-5,10-11H2,1-3H3,(H,19,20)(H,21,22)/t14-,15+/m1/s1. The monoisotopic (exact) mass is 319 g/mol. The van der Waals surface area contributed by atoms with E-state index in [4.69, 9.17) is 4.74 Å². The van der Waals surface area contributed by atoms with Crippen LogP contribution in [0.5, 0.6) is 0 Å². The molecule has 0 bridgehead atoms. The Morgan fingerprint density at radius 2 is 1.96 bits per heavy atom. The van der Waals surface area contributed by atoms with E-state index in [1.807, 2.05) is 24.3 Å². The van der Waals surface area contributed by atoms with Gasteiger partial charge in [0.05, 0.1) is 0 Å². The second-order valence-electron chi connectivity index (χ2n) is 7.05. The van der Waals surface area contributed by atoms with E-state index in [2.05, 4.69) is 26.1 Å². The second-order valence-corrected chi connectivity index (χ2v) is 7.05. The minimum Gasteiger partial charge on any atom is -0.480 e. The molecule has 5 heteroatoms. The molecule has 0 aliphatic carbocycles. The first kappa shape index (κ1) is 17.5. The second kappa shape index (κ2) is 7.13. The first-order valence-corrected chi connectivity index (χ1v) is 8.01. The zero-order chi connectivity index (χ0) is 17.0. The lowest BCUT2D eigenvalue weighted by atomic mass is 9.86. The molecule has 1 fully saturated rings. The van der Waals surface area contributed by atoms with Gasteiger partial charge in [-0.1, -0.05) is 45.0 Å². The van der Waals surface area contributed by atoms with Gasteiger partial charge >= 0.3 is 5.97 Å². The molecule has 1 saturated heterocycles. The minimum absolute atomic E-state index is 0.0543. The average Bonchev–Trinajstić information content (AvgIpc) is 3.00. The summed E-state index contributed by atoms with van der Waals surface area (Å²) in [6.45, 7) is 6.95. The third kappa shape index (κ3) is 4.79. The van der Waals surface area contributed by atoms with Gasteiger partial charge in [0.15, 0.2) is 0 Å². The van der Waals surface area contributed by atoms with Crippen LogP contribution < -0.4 is 5.32 Å². The van der Waals surface area contributed by atoms with E-state index in [0.29, 0.717) is 13.0 Å². The quantitative estimate of drug-likeness (QED) is 0.873. The molecule has 0 radical (unpaired) electrons. The topological polar surface area (TPSA) is 75.6 Å². The third-order valence-electron chi connectivity index (χ3n) is 4.10. The Balaban J connectivity index is 2.01. The van der Waals surface area contributed by atoms with Crippen LogP contribution in [-0.4, -0.2) is 35.7 Å². The molecule has 0 spiro atoms. The zero-order valence-electron chi connectivity index (χ0n) is 14.0. The molecule has 5 nitrogen and oxygen atoms in total. The van der Waals surface area contributed by atoms with Crippen molar-refractivity contribution in [1.29, 1.82) is 0 Å². The lowest BCUT2D eigenvalue weighted by Crippen LogP contribution is -2.46. The Labute approximate surface area is 137 Å². The molecular weight excluding hydrogens is 294 g/mol. The molecule has 1 aromatic carbocycles. The summed E-state index contributed by atoms with van der Waals surface area (Å²) in [5, 5.41) is 11.9. The molecule has 2 N–H and O–H groups in total. The summed E-state index contributed by atoms with van der Waals surface area (Å²) < 4.78 is 5.29. The van der Waals surface area contributed by atoms with E-state index in [1.54, 1.807) is 0 Å². The van der Waals surface area contributed by atoms with Crippen LogP contribution in [0.4, 0.5) is 0 Å². The van der Waals surface area contributed by atoms with Gasteiger partial charge in [-0.2, -0.15) is 0 Å². The molecule has 0 unspecified atom stereocenters. The number of hydrogen-bond acceptors (Lipinski definition) is 3. The molecule has 1 aliphatic rings. The molecule has 1 heterocycles. The van der Waals surface area contributed by atoms with E-state index in [1.165, 1.54) is 5.56 Å². The summed E-state index contributed by atoms with van der Waals surface area (Å²) >= 11 is 0. The van der Waals surface area contributed by atoms with E-state index >= 15 is 0 Å². The Morgan fingerprint density at radius 3 is 2.43 bits per heavy atom. The largest absolute Gasteiger partial charge is 0.480 e. The van der Waals surface area contributed by atoms with Crippen molar-refractivity contribution in [3.05, 3.63) is 35.4 Å². The van der Waals surface area contributed by atoms with Crippen molar-refractivity contribution in [3.63, 3.8) is 0 Å². The third-order valence-corrected chi connectivity index (χ3v) is 4.10. The number of ether oxygens (including phenoxy) is 1. The summed E-state index contributed by atoms with van der Waals surface area (Å²) in [6, 6.07) is 6.93. The Morgan fingerprint density at radius 1 is 1.30 bits per heavy atom. The number of carbonyl (C=O) groups is 2. The predicted octanol–water partition coefficient (Wildman–Crippen LogP) is 2.27. The number of rotatable bonds is 5. The maximum Gasteiger partial charge on any atom is 0.326 e. The smallest absolute Gasteiger partial charge is 0.326 e. The van der Waals surface area contributed by atoms with Crippen LogP contribution in [0.3, 0.4) is 0 Å². The fraction of sp³-hybridized carbons (Fsp3) is 0.556. The van der Waals surface area contributed by atoms with Crippen molar-refractivity contribution < 1.29 is 19.4 Å². The lowest BCUT2D eigenvalue weighted by molar-refractivity contribution is -0.143. The van der Waals surface area contributed by atoms with Crippen molar-refractivity contribution >= 4 is 11.9 Å². The van der Waals surface area contributed by atoms with Crippen molar-refractivity contribution in [2.45, 2.75) is 57.6 Å². The number of carboxylic acid groups (broad SMARTS) is 1. The van der Waals surface area contributed by atoms with Gasteiger partial charge in [-0.25, -0.2) is 4.79 Å². The number of aliphatic carboxylic acids is 1. The maximum absolute atomic E-state index is 12.0. The molecule has 0 aromatic heterocycles. The van der Waals surface area contributed by atoms with Gasteiger partial charge in [-0.05, 0) is 29.4 Å². The van der Waals surface area contributed by atoms with Crippen LogP contribution in [-0.2, 0) is 26.2 Å². The first-order valence-electron chi connectivity index (χ1n) is 8.01. The SMILES string of the molecule is CC(C)(C)c1ccc(C[C@@H](NC(=O)[C@@H]2CCCO2)C(=O)O)cc1. The number of nitrogens with one attached hydrogen (secondary N) is 1. The van der Waals surface area contributed by atoms with Gasteiger partial charge in [-0.3, -0.25) is 4.79 Å². The maximum atomic E-state index is 12.0. The molecular formula is C18H25NO4. The van der Waals surface area contributed by atoms with Crippen LogP contribution in [0, 0.1) is 0 Å². The van der Waals surface area contributed by atoms with E-state index in [-0.39, 0.29) is 17.7 Å². The van der Waals surface area contributed by atoms with Gasteiger partial charge < -0.3 is 15.2 Å². The molecule has 2 atom stereocenters. The normalized spacial score (nSPS) is 19.3. The molecule has 1 amide bonds. The van der Waals surface area contributed by atoms with Crippen molar-refractivity contribution in [3.8, 4) is 0 Å². The van der Waals surface area contributed by atoms with Crippen LogP contribution in [0.1, 0.15) is 44.7 Å².